The van der Waals surface area contributed by atoms with E-state index in [0.29, 0.717) is 15.9 Å². The summed E-state index contributed by atoms with van der Waals surface area (Å²) >= 11 is 6.70. The van der Waals surface area contributed by atoms with Crippen LogP contribution in [-0.4, -0.2) is 33.9 Å². The highest BCUT2D eigenvalue weighted by Crippen LogP contribution is 2.35. The third-order valence-electron chi connectivity index (χ3n) is 3.09. The highest BCUT2D eigenvalue weighted by atomic mass is 79.9. The Hall–Kier alpha value is -0.310. The van der Waals surface area contributed by atoms with E-state index in [1.165, 1.54) is 7.11 Å². The van der Waals surface area contributed by atoms with Gasteiger partial charge in [-0.2, -0.15) is 0 Å². The van der Waals surface area contributed by atoms with Gasteiger partial charge in [-0.05, 0) is 57.3 Å². The van der Waals surface area contributed by atoms with Crippen molar-refractivity contribution in [1.29, 1.82) is 0 Å². The zero-order valence-corrected chi connectivity index (χ0v) is 14.9. The van der Waals surface area contributed by atoms with E-state index in [2.05, 4.69) is 41.9 Å². The van der Waals surface area contributed by atoms with Crippen LogP contribution in [0.25, 0.3) is 0 Å². The molecular formula is C12H16Br2N2O3S. The molecule has 0 spiro atoms. The molecule has 0 aromatic heterocycles. The number of ether oxygens (including phenoxy) is 1. The Morgan fingerprint density at radius 1 is 1.40 bits per heavy atom. The minimum Gasteiger partial charge on any atom is -0.495 e. The van der Waals surface area contributed by atoms with Crippen molar-refractivity contribution in [1.82, 2.24) is 5.32 Å². The Kier molecular flexibility index (Phi) is 5.33. The van der Waals surface area contributed by atoms with Gasteiger partial charge in [-0.15, -0.1) is 0 Å². The Morgan fingerprint density at radius 3 is 2.75 bits per heavy atom. The number of sulfonamides is 1. The van der Waals surface area contributed by atoms with Crippen LogP contribution in [0.1, 0.15) is 12.8 Å². The lowest BCUT2D eigenvalue weighted by Crippen LogP contribution is -2.32. The number of benzene rings is 1. The van der Waals surface area contributed by atoms with Crippen molar-refractivity contribution >= 4 is 47.6 Å². The maximum absolute atomic E-state index is 12.2. The predicted octanol–water partition coefficient (Wildman–Crippen LogP) is 2.71. The van der Waals surface area contributed by atoms with Gasteiger partial charge < -0.3 is 10.1 Å². The van der Waals surface area contributed by atoms with Crippen LogP contribution in [0.2, 0.25) is 0 Å². The van der Waals surface area contributed by atoms with E-state index in [4.69, 9.17) is 4.74 Å². The molecule has 1 aliphatic heterocycles. The van der Waals surface area contributed by atoms with E-state index < -0.39 is 10.0 Å². The average molecular weight is 428 g/mol. The molecule has 1 heterocycles. The number of methoxy groups -OCH3 is 1. The molecule has 2 rings (SSSR count). The number of halogens is 2. The highest BCUT2D eigenvalue weighted by molar-refractivity contribution is 9.11. The van der Waals surface area contributed by atoms with Crippen molar-refractivity contribution in [2.75, 3.05) is 24.1 Å². The Balaban J connectivity index is 2.15. The van der Waals surface area contributed by atoms with Crippen LogP contribution in [0.3, 0.4) is 0 Å². The molecule has 0 saturated carbocycles. The normalized spacial score (nSPS) is 19.1. The summed E-state index contributed by atoms with van der Waals surface area (Å²) < 4.78 is 33.5. The summed E-state index contributed by atoms with van der Waals surface area (Å²) in [7, 11) is -1.86. The van der Waals surface area contributed by atoms with Gasteiger partial charge in [-0.1, -0.05) is 0 Å². The van der Waals surface area contributed by atoms with Crippen molar-refractivity contribution in [2.45, 2.75) is 18.9 Å². The molecule has 0 aliphatic carbocycles. The molecular weight excluding hydrogens is 412 g/mol. The van der Waals surface area contributed by atoms with Gasteiger partial charge in [-0.25, -0.2) is 8.42 Å². The number of rotatable bonds is 5. The molecule has 2 N–H and O–H groups in total. The monoisotopic (exact) mass is 426 g/mol. The van der Waals surface area contributed by atoms with E-state index >= 15 is 0 Å². The Morgan fingerprint density at radius 2 is 2.15 bits per heavy atom. The minimum atomic E-state index is -3.39. The van der Waals surface area contributed by atoms with Gasteiger partial charge in [0.05, 0.1) is 23.0 Å². The molecule has 0 bridgehead atoms. The van der Waals surface area contributed by atoms with Gasteiger partial charge >= 0.3 is 0 Å². The second-order valence-corrected chi connectivity index (χ2v) is 8.12. The van der Waals surface area contributed by atoms with Gasteiger partial charge in [0.1, 0.15) is 5.75 Å². The number of hydrogen-bond acceptors (Lipinski definition) is 4. The Labute approximate surface area is 135 Å². The number of nitrogens with one attached hydrogen (secondary N) is 2. The molecule has 1 saturated heterocycles. The van der Waals surface area contributed by atoms with Crippen LogP contribution in [-0.2, 0) is 10.0 Å². The van der Waals surface area contributed by atoms with Crippen LogP contribution in [0.5, 0.6) is 5.75 Å². The van der Waals surface area contributed by atoms with Crippen LogP contribution >= 0.6 is 31.9 Å². The topological polar surface area (TPSA) is 67.4 Å². The molecule has 20 heavy (non-hydrogen) atoms. The maximum atomic E-state index is 12.2. The molecule has 1 aliphatic rings. The van der Waals surface area contributed by atoms with Gasteiger partial charge in [-0.3, -0.25) is 4.72 Å². The lowest BCUT2D eigenvalue weighted by atomic mass is 10.3. The molecule has 1 aromatic rings. The summed E-state index contributed by atoms with van der Waals surface area (Å²) in [5.41, 5.74) is 0.475. The summed E-state index contributed by atoms with van der Waals surface area (Å²) in [6, 6.07) is 3.43. The second kappa shape index (κ2) is 6.64. The number of anilines is 1. The van der Waals surface area contributed by atoms with Crippen molar-refractivity contribution in [3.8, 4) is 5.75 Å². The molecule has 8 heteroatoms. The largest absolute Gasteiger partial charge is 0.495 e. The quantitative estimate of drug-likeness (QED) is 0.757. The van der Waals surface area contributed by atoms with Crippen LogP contribution in [0.4, 0.5) is 5.69 Å². The van der Waals surface area contributed by atoms with Gasteiger partial charge in [0.25, 0.3) is 0 Å². The fourth-order valence-corrected chi connectivity index (χ4v) is 4.92. The molecule has 1 unspecified atom stereocenters. The van der Waals surface area contributed by atoms with E-state index in [0.717, 1.165) is 23.9 Å². The standard InChI is InChI=1S/C12H16Br2N2O3S/c1-19-12-6-11(9(13)5-10(12)14)16-20(17,18)7-8-3-2-4-15-8/h5-6,8,15-16H,2-4,7H2,1H3. The molecule has 0 radical (unpaired) electrons. The zero-order valence-electron chi connectivity index (χ0n) is 10.9. The first-order chi connectivity index (χ1) is 9.41. The van der Waals surface area contributed by atoms with E-state index in [9.17, 15) is 8.42 Å². The Bertz CT molecular complexity index is 587. The van der Waals surface area contributed by atoms with Crippen LogP contribution in [0, 0.1) is 0 Å². The molecule has 112 valence electrons. The van der Waals surface area contributed by atoms with E-state index in [-0.39, 0.29) is 11.8 Å². The zero-order chi connectivity index (χ0) is 14.8. The fourth-order valence-electron chi connectivity index (χ4n) is 2.14. The van der Waals surface area contributed by atoms with Crippen molar-refractivity contribution < 1.29 is 13.2 Å². The number of hydrogen-bond donors (Lipinski definition) is 2. The third-order valence-corrected chi connectivity index (χ3v) is 5.74. The van der Waals surface area contributed by atoms with Crippen molar-refractivity contribution in [2.24, 2.45) is 0 Å². The maximum Gasteiger partial charge on any atom is 0.234 e. The first-order valence-corrected chi connectivity index (χ1v) is 9.42. The minimum absolute atomic E-state index is 0.0311. The SMILES string of the molecule is COc1cc(NS(=O)(=O)CC2CCCN2)c(Br)cc1Br. The van der Waals surface area contributed by atoms with E-state index in [1.54, 1.807) is 12.1 Å². The molecule has 1 atom stereocenters. The lowest BCUT2D eigenvalue weighted by Gasteiger charge is -2.15. The predicted molar refractivity (Wildman–Crippen MR) is 86.8 cm³/mol. The first kappa shape index (κ1) is 16.1. The van der Waals surface area contributed by atoms with Crippen molar-refractivity contribution in [3.05, 3.63) is 21.1 Å². The van der Waals surface area contributed by atoms with E-state index in [1.807, 2.05) is 0 Å². The highest BCUT2D eigenvalue weighted by Gasteiger charge is 2.23. The molecule has 1 fully saturated rings. The van der Waals surface area contributed by atoms with Gasteiger partial charge in [0, 0.05) is 16.6 Å². The summed E-state index contributed by atoms with van der Waals surface area (Å²) in [5, 5.41) is 3.18. The van der Waals surface area contributed by atoms with Crippen molar-refractivity contribution in [3.63, 3.8) is 0 Å². The van der Waals surface area contributed by atoms with Crippen LogP contribution < -0.4 is 14.8 Å². The molecule has 0 amide bonds. The summed E-state index contributed by atoms with van der Waals surface area (Å²) in [6.07, 6.45) is 1.92. The average Bonchev–Trinajstić information content (AvgIpc) is 2.84. The van der Waals surface area contributed by atoms with Gasteiger partial charge in [0.15, 0.2) is 0 Å². The molecule has 5 nitrogen and oxygen atoms in total. The first-order valence-electron chi connectivity index (χ1n) is 6.18. The lowest BCUT2D eigenvalue weighted by molar-refractivity contribution is 0.412. The summed E-state index contributed by atoms with van der Waals surface area (Å²) in [4.78, 5) is 0. The van der Waals surface area contributed by atoms with Crippen LogP contribution in [0.15, 0.2) is 21.1 Å². The van der Waals surface area contributed by atoms with Gasteiger partial charge in [0.2, 0.25) is 10.0 Å². The summed E-state index contributed by atoms with van der Waals surface area (Å²) in [5.74, 6) is 0.655. The second-order valence-electron chi connectivity index (χ2n) is 4.64. The summed E-state index contributed by atoms with van der Waals surface area (Å²) in [6.45, 7) is 0.885. The third kappa shape index (κ3) is 4.09. The fraction of sp³-hybridized carbons (Fsp3) is 0.500. The molecule has 1 aromatic carbocycles. The smallest absolute Gasteiger partial charge is 0.234 e.